The Balaban J connectivity index is 1.50. The Kier molecular flexibility index (Phi) is 8.87. The molecule has 0 aliphatic carbocycles. The van der Waals surface area contributed by atoms with Gasteiger partial charge in [0.15, 0.2) is 0 Å². The lowest BCUT2D eigenvalue weighted by atomic mass is 10.1. The van der Waals surface area contributed by atoms with Crippen LogP contribution in [0.4, 0.5) is 10.0 Å². The van der Waals surface area contributed by atoms with Gasteiger partial charge in [-0.05, 0) is 36.7 Å². The van der Waals surface area contributed by atoms with Gasteiger partial charge in [-0.25, -0.2) is 9.59 Å². The molecule has 2 N–H and O–H groups in total. The second-order valence-electron chi connectivity index (χ2n) is 7.38. The van der Waals surface area contributed by atoms with Gasteiger partial charge < -0.3 is 20.1 Å². The van der Waals surface area contributed by atoms with Crippen LogP contribution >= 0.6 is 45.3 Å². The zero-order valence-corrected chi connectivity index (χ0v) is 23.1. The fourth-order valence-electron chi connectivity index (χ4n) is 3.43. The van der Waals surface area contributed by atoms with Gasteiger partial charge in [-0.3, -0.25) is 9.59 Å². The molecule has 0 spiro atoms. The number of thiophene rings is 4. The molecule has 0 aromatic carbocycles. The van der Waals surface area contributed by atoms with Crippen molar-refractivity contribution in [2.45, 2.75) is 20.3 Å². The van der Waals surface area contributed by atoms with E-state index in [1.165, 1.54) is 45.3 Å². The van der Waals surface area contributed by atoms with E-state index in [1.54, 1.807) is 24.6 Å². The van der Waals surface area contributed by atoms with Crippen LogP contribution in [0.5, 0.6) is 0 Å². The summed E-state index contributed by atoms with van der Waals surface area (Å²) >= 11 is 5.30. The number of amides is 2. The van der Waals surface area contributed by atoms with Crippen molar-refractivity contribution in [2.24, 2.45) is 0 Å². The predicted molar refractivity (Wildman–Crippen MR) is 149 cm³/mol. The summed E-state index contributed by atoms with van der Waals surface area (Å²) in [4.78, 5) is 52.6. The average molecular weight is 575 g/mol. The zero-order chi connectivity index (χ0) is 26.4. The lowest BCUT2D eigenvalue weighted by Crippen LogP contribution is -2.22. The highest BCUT2D eigenvalue weighted by Crippen LogP contribution is 2.39. The van der Waals surface area contributed by atoms with Crippen LogP contribution in [0.3, 0.4) is 0 Å². The molecular weight excluding hydrogens is 553 g/mol. The predicted octanol–water partition coefficient (Wildman–Crippen LogP) is 6.59. The van der Waals surface area contributed by atoms with Gasteiger partial charge >= 0.3 is 11.9 Å². The first-order chi connectivity index (χ1) is 17.9. The zero-order valence-electron chi connectivity index (χ0n) is 19.8. The number of carbonyl (C=O) groups is 4. The molecular formula is C25H22N2O6S4. The molecule has 0 aliphatic heterocycles. The van der Waals surface area contributed by atoms with Crippen LogP contribution in [0.15, 0.2) is 45.8 Å². The van der Waals surface area contributed by atoms with E-state index in [9.17, 15) is 19.2 Å². The van der Waals surface area contributed by atoms with E-state index < -0.39 is 30.2 Å². The number of ether oxygens (including phenoxy) is 2. The van der Waals surface area contributed by atoms with Crippen molar-refractivity contribution in [3.05, 3.63) is 56.9 Å². The van der Waals surface area contributed by atoms with Crippen LogP contribution in [-0.2, 0) is 19.1 Å². The summed E-state index contributed by atoms with van der Waals surface area (Å²) in [5, 5.41) is 13.3. The van der Waals surface area contributed by atoms with Crippen molar-refractivity contribution in [3.63, 3.8) is 0 Å². The molecule has 4 aromatic rings. The van der Waals surface area contributed by atoms with Gasteiger partial charge in [-0.2, -0.15) is 0 Å². The Morgan fingerprint density at radius 3 is 1.49 bits per heavy atom. The first-order valence-corrected chi connectivity index (χ1v) is 14.7. The first kappa shape index (κ1) is 26.7. The van der Waals surface area contributed by atoms with Crippen LogP contribution < -0.4 is 10.6 Å². The molecule has 4 aromatic heterocycles. The van der Waals surface area contributed by atoms with Gasteiger partial charge in [0.05, 0.1) is 13.2 Å². The molecule has 12 heteroatoms. The standard InChI is InChI=1S/C25H22N2O6S4/c1-3-32-24(30)20-14(16-7-5-9-34-16)12-36-22(20)26-18(28)11-19(29)27-23-21(25(31)33-4-2)15(13-37-23)17-8-6-10-35-17/h5-10,12-13H,3-4,11H2,1-2H3,(H,26,28)(H,27,29). The van der Waals surface area contributed by atoms with E-state index in [0.29, 0.717) is 21.1 Å². The molecule has 4 rings (SSSR count). The molecule has 2 amide bonds. The van der Waals surface area contributed by atoms with Gasteiger partial charge in [0.1, 0.15) is 27.5 Å². The quantitative estimate of drug-likeness (QED) is 0.163. The summed E-state index contributed by atoms with van der Waals surface area (Å²) < 4.78 is 10.4. The fraction of sp³-hybridized carbons (Fsp3) is 0.200. The van der Waals surface area contributed by atoms with E-state index in [0.717, 1.165) is 9.75 Å². The van der Waals surface area contributed by atoms with Crippen LogP contribution in [0, 0.1) is 0 Å². The van der Waals surface area contributed by atoms with Crippen molar-refractivity contribution in [2.75, 3.05) is 23.8 Å². The lowest BCUT2D eigenvalue weighted by Gasteiger charge is -2.09. The Morgan fingerprint density at radius 2 is 1.14 bits per heavy atom. The Hall–Kier alpha value is -3.32. The highest BCUT2D eigenvalue weighted by Gasteiger charge is 2.26. The van der Waals surface area contributed by atoms with Crippen molar-refractivity contribution < 1.29 is 28.7 Å². The SMILES string of the molecule is CCOC(=O)c1c(-c2cccs2)csc1NC(=O)CC(=O)Nc1scc(-c2cccs2)c1C(=O)OCC. The van der Waals surface area contributed by atoms with Gasteiger partial charge in [0, 0.05) is 31.6 Å². The summed E-state index contributed by atoms with van der Waals surface area (Å²) in [7, 11) is 0. The molecule has 0 radical (unpaired) electrons. The largest absolute Gasteiger partial charge is 0.462 e. The molecule has 0 unspecified atom stereocenters. The van der Waals surface area contributed by atoms with Crippen molar-refractivity contribution >= 4 is 79.1 Å². The highest BCUT2D eigenvalue weighted by molar-refractivity contribution is 7.17. The number of esters is 2. The normalized spacial score (nSPS) is 10.6. The minimum Gasteiger partial charge on any atom is -0.462 e. The third kappa shape index (κ3) is 6.16. The van der Waals surface area contributed by atoms with Crippen LogP contribution in [0.1, 0.15) is 41.0 Å². The van der Waals surface area contributed by atoms with Crippen LogP contribution in [0.2, 0.25) is 0 Å². The highest BCUT2D eigenvalue weighted by atomic mass is 32.1. The van der Waals surface area contributed by atoms with E-state index in [2.05, 4.69) is 10.6 Å². The number of carbonyl (C=O) groups excluding carboxylic acids is 4. The number of nitrogens with one attached hydrogen (secondary N) is 2. The van der Waals surface area contributed by atoms with Crippen molar-refractivity contribution in [3.8, 4) is 20.9 Å². The average Bonchev–Trinajstić information content (AvgIpc) is 3.65. The van der Waals surface area contributed by atoms with Gasteiger partial charge in [0.2, 0.25) is 11.8 Å². The van der Waals surface area contributed by atoms with Crippen molar-refractivity contribution in [1.29, 1.82) is 0 Å². The maximum absolute atomic E-state index is 12.8. The third-order valence-electron chi connectivity index (χ3n) is 4.94. The van der Waals surface area contributed by atoms with Gasteiger partial charge in [-0.1, -0.05) is 12.1 Å². The van der Waals surface area contributed by atoms with Crippen molar-refractivity contribution in [1.82, 2.24) is 0 Å². The smallest absolute Gasteiger partial charge is 0.341 e. The topological polar surface area (TPSA) is 111 Å². The molecule has 37 heavy (non-hydrogen) atoms. The summed E-state index contributed by atoms with van der Waals surface area (Å²) in [6.07, 6.45) is -0.511. The van der Waals surface area contributed by atoms with E-state index in [1.807, 2.05) is 35.0 Å². The van der Waals surface area contributed by atoms with Crippen LogP contribution in [-0.4, -0.2) is 37.0 Å². The minimum absolute atomic E-state index is 0.186. The molecule has 0 fully saturated rings. The maximum atomic E-state index is 12.8. The van der Waals surface area contributed by atoms with E-state index >= 15 is 0 Å². The van der Waals surface area contributed by atoms with E-state index in [-0.39, 0.29) is 24.3 Å². The first-order valence-electron chi connectivity index (χ1n) is 11.2. The number of anilines is 2. The van der Waals surface area contributed by atoms with Crippen LogP contribution in [0.25, 0.3) is 20.9 Å². The third-order valence-corrected chi connectivity index (χ3v) is 8.54. The number of rotatable bonds is 10. The Labute approximate surface area is 228 Å². The lowest BCUT2D eigenvalue weighted by molar-refractivity contribution is -0.123. The second-order valence-corrected chi connectivity index (χ2v) is 11.0. The minimum atomic E-state index is -0.602. The second kappa shape index (κ2) is 12.3. The van der Waals surface area contributed by atoms with Gasteiger partial charge in [-0.15, -0.1) is 45.3 Å². The molecule has 192 valence electrons. The summed E-state index contributed by atoms with van der Waals surface area (Å²) in [5.41, 5.74) is 1.84. The number of hydrogen-bond acceptors (Lipinski definition) is 10. The summed E-state index contributed by atoms with van der Waals surface area (Å²) in [6, 6.07) is 7.49. The molecule has 4 heterocycles. The summed E-state index contributed by atoms with van der Waals surface area (Å²) in [5.74, 6) is -2.30. The number of hydrogen-bond donors (Lipinski definition) is 2. The van der Waals surface area contributed by atoms with Gasteiger partial charge in [0.25, 0.3) is 0 Å². The Bertz CT molecular complexity index is 1300. The molecule has 0 bridgehead atoms. The maximum Gasteiger partial charge on any atom is 0.341 e. The Morgan fingerprint density at radius 1 is 0.703 bits per heavy atom. The monoisotopic (exact) mass is 574 g/mol. The molecule has 0 aliphatic rings. The summed E-state index contributed by atoms with van der Waals surface area (Å²) in [6.45, 7) is 3.78. The fourth-order valence-corrected chi connectivity index (χ4v) is 7.00. The molecule has 0 saturated carbocycles. The van der Waals surface area contributed by atoms with E-state index in [4.69, 9.17) is 9.47 Å². The molecule has 8 nitrogen and oxygen atoms in total. The molecule has 0 saturated heterocycles. The molecule has 0 atom stereocenters.